The Labute approximate surface area is 74.1 Å². The highest BCUT2D eigenvalue weighted by molar-refractivity contribution is 14.1. The standard InChI is InChI=1S/C6H12INO2/c1-2-3-4-6(7,8)5(9)10/h2-4,8H2,1H3,(H,9,10). The van der Waals surface area contributed by atoms with Gasteiger partial charge in [-0.05, 0) is 29.0 Å². The Hall–Kier alpha value is 0.160. The van der Waals surface area contributed by atoms with E-state index in [2.05, 4.69) is 0 Å². The van der Waals surface area contributed by atoms with Crippen molar-refractivity contribution < 1.29 is 9.90 Å². The van der Waals surface area contributed by atoms with E-state index >= 15 is 0 Å². The van der Waals surface area contributed by atoms with Gasteiger partial charge in [0.1, 0.15) is 0 Å². The van der Waals surface area contributed by atoms with Crippen LogP contribution in [0.2, 0.25) is 0 Å². The quantitative estimate of drug-likeness (QED) is 0.454. The van der Waals surface area contributed by atoms with Crippen molar-refractivity contribution in [2.45, 2.75) is 29.7 Å². The molecular formula is C6H12INO2. The number of hydrogen-bond donors (Lipinski definition) is 2. The van der Waals surface area contributed by atoms with Gasteiger partial charge in [0.15, 0.2) is 3.55 Å². The number of alkyl halides is 1. The van der Waals surface area contributed by atoms with E-state index in [4.69, 9.17) is 10.8 Å². The minimum atomic E-state index is -1.06. The molecule has 0 spiro atoms. The van der Waals surface area contributed by atoms with Gasteiger partial charge in [0.25, 0.3) is 0 Å². The van der Waals surface area contributed by atoms with E-state index in [-0.39, 0.29) is 0 Å². The lowest BCUT2D eigenvalue weighted by Gasteiger charge is -2.15. The van der Waals surface area contributed by atoms with Crippen LogP contribution >= 0.6 is 22.6 Å². The number of halogens is 1. The third kappa shape index (κ3) is 3.36. The molecule has 0 saturated carbocycles. The van der Waals surface area contributed by atoms with E-state index in [0.29, 0.717) is 6.42 Å². The van der Waals surface area contributed by atoms with Crippen molar-refractivity contribution in [3.63, 3.8) is 0 Å². The molecule has 0 fully saturated rings. The van der Waals surface area contributed by atoms with Gasteiger partial charge in [-0.2, -0.15) is 0 Å². The van der Waals surface area contributed by atoms with Gasteiger partial charge in [-0.1, -0.05) is 19.8 Å². The molecule has 0 aromatic heterocycles. The number of carboxylic acid groups (broad SMARTS) is 1. The van der Waals surface area contributed by atoms with Crippen LogP contribution in [0.5, 0.6) is 0 Å². The topological polar surface area (TPSA) is 63.3 Å². The normalized spacial score (nSPS) is 16.3. The summed E-state index contributed by atoms with van der Waals surface area (Å²) < 4.78 is -1.06. The highest BCUT2D eigenvalue weighted by Crippen LogP contribution is 2.19. The first-order valence-electron chi connectivity index (χ1n) is 3.22. The largest absolute Gasteiger partial charge is 0.479 e. The van der Waals surface area contributed by atoms with E-state index in [1.807, 2.05) is 6.92 Å². The van der Waals surface area contributed by atoms with Crippen molar-refractivity contribution in [1.82, 2.24) is 0 Å². The molecule has 1 unspecified atom stereocenters. The second-order valence-electron chi connectivity index (χ2n) is 2.27. The first kappa shape index (κ1) is 10.2. The number of rotatable bonds is 4. The Morgan fingerprint density at radius 2 is 2.30 bits per heavy atom. The van der Waals surface area contributed by atoms with E-state index in [0.717, 1.165) is 12.8 Å². The third-order valence-electron chi connectivity index (χ3n) is 1.25. The smallest absolute Gasteiger partial charge is 0.333 e. The number of unbranched alkanes of at least 4 members (excludes halogenated alkanes) is 1. The van der Waals surface area contributed by atoms with Gasteiger partial charge in [0.2, 0.25) is 0 Å². The molecule has 0 aliphatic heterocycles. The summed E-state index contributed by atoms with van der Waals surface area (Å²) in [5, 5.41) is 8.54. The Balaban J connectivity index is 3.75. The number of nitrogens with two attached hydrogens (primary N) is 1. The summed E-state index contributed by atoms with van der Waals surface area (Å²) in [7, 11) is 0. The Bertz CT molecular complexity index is 125. The van der Waals surface area contributed by atoms with Crippen LogP contribution in [0.15, 0.2) is 0 Å². The molecule has 0 radical (unpaired) electrons. The Morgan fingerprint density at radius 1 is 1.80 bits per heavy atom. The molecule has 0 aliphatic carbocycles. The monoisotopic (exact) mass is 257 g/mol. The maximum atomic E-state index is 10.4. The molecule has 3 N–H and O–H groups in total. The van der Waals surface area contributed by atoms with Crippen molar-refractivity contribution in [2.75, 3.05) is 0 Å². The predicted octanol–water partition coefficient (Wildman–Crippen LogP) is 1.35. The summed E-state index contributed by atoms with van der Waals surface area (Å²) in [5.74, 6) is -0.929. The van der Waals surface area contributed by atoms with Crippen LogP contribution < -0.4 is 5.73 Å². The molecule has 0 rings (SSSR count). The zero-order valence-corrected chi connectivity index (χ0v) is 8.09. The van der Waals surface area contributed by atoms with Crippen LogP contribution in [-0.2, 0) is 4.79 Å². The summed E-state index contributed by atoms with van der Waals surface area (Å²) in [5.41, 5.74) is 5.43. The maximum absolute atomic E-state index is 10.4. The summed E-state index contributed by atoms with van der Waals surface area (Å²) >= 11 is 1.77. The molecule has 3 nitrogen and oxygen atoms in total. The molecular weight excluding hydrogens is 245 g/mol. The minimum absolute atomic E-state index is 0.541. The first-order valence-corrected chi connectivity index (χ1v) is 4.29. The van der Waals surface area contributed by atoms with Crippen LogP contribution in [0.4, 0.5) is 0 Å². The molecule has 10 heavy (non-hydrogen) atoms. The number of hydrogen-bond acceptors (Lipinski definition) is 2. The highest BCUT2D eigenvalue weighted by Gasteiger charge is 2.28. The minimum Gasteiger partial charge on any atom is -0.479 e. The van der Waals surface area contributed by atoms with Crippen LogP contribution in [-0.4, -0.2) is 14.6 Å². The average molecular weight is 257 g/mol. The molecule has 0 saturated heterocycles. The first-order chi connectivity index (χ1) is 4.50. The lowest BCUT2D eigenvalue weighted by atomic mass is 10.1. The highest BCUT2D eigenvalue weighted by atomic mass is 127. The van der Waals surface area contributed by atoms with Crippen molar-refractivity contribution in [3.05, 3.63) is 0 Å². The molecule has 0 aromatic carbocycles. The zero-order chi connectivity index (χ0) is 8.20. The van der Waals surface area contributed by atoms with Crippen LogP contribution in [0.25, 0.3) is 0 Å². The number of carboxylic acids is 1. The fourth-order valence-electron chi connectivity index (χ4n) is 0.541. The maximum Gasteiger partial charge on any atom is 0.333 e. The second-order valence-corrected chi connectivity index (χ2v) is 4.20. The zero-order valence-electron chi connectivity index (χ0n) is 5.93. The Kier molecular flexibility index (Phi) is 4.19. The van der Waals surface area contributed by atoms with E-state index < -0.39 is 9.51 Å². The van der Waals surface area contributed by atoms with Crippen molar-refractivity contribution in [3.8, 4) is 0 Å². The van der Waals surface area contributed by atoms with Crippen LogP contribution in [0, 0.1) is 0 Å². The predicted molar refractivity (Wildman–Crippen MR) is 48.1 cm³/mol. The third-order valence-corrected chi connectivity index (χ3v) is 2.25. The van der Waals surface area contributed by atoms with Crippen LogP contribution in [0.1, 0.15) is 26.2 Å². The van der Waals surface area contributed by atoms with E-state index in [1.54, 1.807) is 22.6 Å². The molecule has 0 bridgehead atoms. The lowest BCUT2D eigenvalue weighted by Crippen LogP contribution is -2.41. The van der Waals surface area contributed by atoms with Crippen LogP contribution in [0.3, 0.4) is 0 Å². The van der Waals surface area contributed by atoms with Crippen molar-refractivity contribution in [2.24, 2.45) is 5.73 Å². The Morgan fingerprint density at radius 3 is 2.60 bits per heavy atom. The molecule has 4 heteroatoms. The van der Waals surface area contributed by atoms with Gasteiger partial charge in [0.05, 0.1) is 0 Å². The van der Waals surface area contributed by atoms with Gasteiger partial charge < -0.3 is 10.8 Å². The summed E-state index contributed by atoms with van der Waals surface area (Å²) in [6.45, 7) is 2.01. The second kappa shape index (κ2) is 4.12. The van der Waals surface area contributed by atoms with Crippen molar-refractivity contribution in [1.29, 1.82) is 0 Å². The van der Waals surface area contributed by atoms with Crippen molar-refractivity contribution >= 4 is 28.6 Å². The SMILES string of the molecule is CCCCC(N)(I)C(=O)O. The van der Waals surface area contributed by atoms with Gasteiger partial charge in [-0.15, -0.1) is 0 Å². The lowest BCUT2D eigenvalue weighted by molar-refractivity contribution is -0.139. The van der Waals surface area contributed by atoms with Gasteiger partial charge in [0, 0.05) is 0 Å². The van der Waals surface area contributed by atoms with E-state index in [9.17, 15) is 4.79 Å². The van der Waals surface area contributed by atoms with Gasteiger partial charge in [-0.25, -0.2) is 4.79 Å². The molecule has 0 amide bonds. The fraction of sp³-hybridized carbons (Fsp3) is 0.833. The van der Waals surface area contributed by atoms with Gasteiger partial charge in [-0.3, -0.25) is 0 Å². The molecule has 0 aromatic rings. The average Bonchev–Trinajstić information content (AvgIpc) is 1.84. The molecule has 1 atom stereocenters. The molecule has 60 valence electrons. The number of carbonyl (C=O) groups is 1. The molecule has 0 aliphatic rings. The number of aliphatic carboxylic acids is 1. The van der Waals surface area contributed by atoms with E-state index in [1.165, 1.54) is 0 Å². The molecule has 0 heterocycles. The summed E-state index contributed by atoms with van der Waals surface area (Å²) in [6.07, 6.45) is 2.39. The summed E-state index contributed by atoms with van der Waals surface area (Å²) in [4.78, 5) is 10.4. The fourth-order valence-corrected chi connectivity index (χ4v) is 0.922. The summed E-state index contributed by atoms with van der Waals surface area (Å²) in [6, 6.07) is 0. The van der Waals surface area contributed by atoms with Gasteiger partial charge >= 0.3 is 5.97 Å².